The van der Waals surface area contributed by atoms with Crippen LogP contribution in [-0.4, -0.2) is 34.7 Å². The van der Waals surface area contributed by atoms with Crippen molar-refractivity contribution in [3.8, 4) is 0 Å². The number of hydrogen-bond acceptors (Lipinski definition) is 3. The molecule has 1 aliphatic carbocycles. The van der Waals surface area contributed by atoms with Crippen LogP contribution in [-0.2, 0) is 4.79 Å². The molecule has 11 heavy (non-hydrogen) atoms. The van der Waals surface area contributed by atoms with Gasteiger partial charge in [0, 0.05) is 13.0 Å². The number of aliphatic hydroxyl groups excluding tert-OH is 1. The minimum Gasteiger partial charge on any atom is -0.393 e. The van der Waals surface area contributed by atoms with E-state index in [1.54, 1.807) is 5.01 Å². The van der Waals surface area contributed by atoms with Gasteiger partial charge in [-0.25, -0.2) is 5.43 Å². The van der Waals surface area contributed by atoms with Crippen LogP contribution < -0.4 is 5.43 Å². The van der Waals surface area contributed by atoms with Gasteiger partial charge < -0.3 is 5.11 Å². The van der Waals surface area contributed by atoms with Gasteiger partial charge >= 0.3 is 0 Å². The molecular formula is C7H12N2O2. The van der Waals surface area contributed by atoms with Crippen LogP contribution in [0.4, 0.5) is 0 Å². The van der Waals surface area contributed by atoms with Crippen LogP contribution in [0.25, 0.3) is 0 Å². The monoisotopic (exact) mass is 156 g/mol. The highest BCUT2D eigenvalue weighted by Gasteiger charge is 2.36. The molecule has 1 saturated carbocycles. The third-order valence-electron chi connectivity index (χ3n) is 2.34. The fourth-order valence-electron chi connectivity index (χ4n) is 1.59. The number of nitrogens with zero attached hydrogens (tertiary/aromatic N) is 1. The van der Waals surface area contributed by atoms with Gasteiger partial charge in [-0.05, 0) is 12.8 Å². The van der Waals surface area contributed by atoms with Crippen LogP contribution in [0.2, 0.25) is 0 Å². The van der Waals surface area contributed by atoms with Crippen molar-refractivity contribution in [3.05, 3.63) is 0 Å². The molecule has 2 fully saturated rings. The van der Waals surface area contributed by atoms with Gasteiger partial charge in [0.05, 0.1) is 12.1 Å². The highest BCUT2D eigenvalue weighted by atomic mass is 16.3. The standard InChI is InChI=1S/C7H12N2O2/c10-6-3-5(4-6)9-7(11)1-2-8-9/h5-6,8,10H,1-4H2. The average molecular weight is 156 g/mol. The molecule has 1 amide bonds. The second kappa shape index (κ2) is 2.46. The zero-order valence-corrected chi connectivity index (χ0v) is 6.29. The van der Waals surface area contributed by atoms with Gasteiger partial charge in [-0.15, -0.1) is 0 Å². The Kier molecular flexibility index (Phi) is 1.58. The third kappa shape index (κ3) is 1.12. The summed E-state index contributed by atoms with van der Waals surface area (Å²) in [6.07, 6.45) is 1.89. The van der Waals surface area contributed by atoms with E-state index in [0.29, 0.717) is 6.42 Å². The second-order valence-corrected chi connectivity index (χ2v) is 3.20. The summed E-state index contributed by atoms with van der Waals surface area (Å²) < 4.78 is 0. The summed E-state index contributed by atoms with van der Waals surface area (Å²) in [5, 5.41) is 10.7. The zero-order chi connectivity index (χ0) is 7.84. The first-order chi connectivity index (χ1) is 5.27. The minimum atomic E-state index is -0.185. The molecule has 1 saturated heterocycles. The highest BCUT2D eigenvalue weighted by Crippen LogP contribution is 2.25. The van der Waals surface area contributed by atoms with E-state index in [4.69, 9.17) is 5.11 Å². The van der Waals surface area contributed by atoms with Crippen LogP contribution in [0.5, 0.6) is 0 Å². The molecule has 0 spiro atoms. The second-order valence-electron chi connectivity index (χ2n) is 3.20. The van der Waals surface area contributed by atoms with E-state index in [9.17, 15) is 4.79 Å². The first-order valence-corrected chi connectivity index (χ1v) is 4.01. The van der Waals surface area contributed by atoms with Crippen molar-refractivity contribution in [2.45, 2.75) is 31.4 Å². The van der Waals surface area contributed by atoms with E-state index in [-0.39, 0.29) is 18.1 Å². The van der Waals surface area contributed by atoms with Crippen LogP contribution in [0.1, 0.15) is 19.3 Å². The lowest BCUT2D eigenvalue weighted by Crippen LogP contribution is -2.51. The Morgan fingerprint density at radius 2 is 2.27 bits per heavy atom. The summed E-state index contributed by atoms with van der Waals surface area (Å²) in [6, 6.07) is 0.250. The topological polar surface area (TPSA) is 52.6 Å². The molecule has 0 aromatic carbocycles. The van der Waals surface area contributed by atoms with E-state index < -0.39 is 0 Å². The maximum atomic E-state index is 11.1. The number of aliphatic hydroxyl groups is 1. The number of carbonyl (C=O) groups excluding carboxylic acids is 1. The summed E-state index contributed by atoms with van der Waals surface area (Å²) in [7, 11) is 0. The van der Waals surface area contributed by atoms with Gasteiger partial charge in [-0.2, -0.15) is 0 Å². The van der Waals surface area contributed by atoms with Crippen LogP contribution in [0.15, 0.2) is 0 Å². The molecule has 2 rings (SSSR count). The molecule has 2 N–H and O–H groups in total. The van der Waals surface area contributed by atoms with Crippen molar-refractivity contribution in [1.82, 2.24) is 10.4 Å². The predicted molar refractivity (Wildman–Crippen MR) is 38.5 cm³/mol. The highest BCUT2D eigenvalue weighted by molar-refractivity contribution is 5.78. The van der Waals surface area contributed by atoms with Crippen LogP contribution in [0, 0.1) is 0 Å². The van der Waals surface area contributed by atoms with E-state index >= 15 is 0 Å². The van der Waals surface area contributed by atoms with Crippen molar-refractivity contribution >= 4 is 5.91 Å². The van der Waals surface area contributed by atoms with Gasteiger partial charge in [0.25, 0.3) is 0 Å². The van der Waals surface area contributed by atoms with Gasteiger partial charge in [0.1, 0.15) is 0 Å². The summed E-state index contributed by atoms with van der Waals surface area (Å²) >= 11 is 0. The van der Waals surface area contributed by atoms with Crippen molar-refractivity contribution in [3.63, 3.8) is 0 Å². The number of carbonyl (C=O) groups is 1. The number of nitrogens with one attached hydrogen (secondary N) is 1. The molecule has 0 atom stereocenters. The molecule has 0 unspecified atom stereocenters. The molecule has 1 aliphatic heterocycles. The maximum Gasteiger partial charge on any atom is 0.238 e. The van der Waals surface area contributed by atoms with E-state index in [0.717, 1.165) is 19.4 Å². The number of rotatable bonds is 1. The summed E-state index contributed by atoms with van der Waals surface area (Å²) in [4.78, 5) is 11.1. The number of amides is 1. The van der Waals surface area contributed by atoms with E-state index in [1.165, 1.54) is 0 Å². The molecule has 0 aromatic rings. The van der Waals surface area contributed by atoms with Crippen LogP contribution >= 0.6 is 0 Å². The first-order valence-electron chi connectivity index (χ1n) is 4.01. The van der Waals surface area contributed by atoms with Crippen molar-refractivity contribution < 1.29 is 9.90 Å². The van der Waals surface area contributed by atoms with Gasteiger partial charge in [-0.3, -0.25) is 9.80 Å². The molecular weight excluding hydrogens is 144 g/mol. The lowest BCUT2D eigenvalue weighted by Gasteiger charge is -2.37. The molecule has 0 bridgehead atoms. The maximum absolute atomic E-state index is 11.1. The predicted octanol–water partition coefficient (Wildman–Crippen LogP) is -0.753. The van der Waals surface area contributed by atoms with Crippen molar-refractivity contribution in [2.75, 3.05) is 6.54 Å². The van der Waals surface area contributed by atoms with Crippen LogP contribution in [0.3, 0.4) is 0 Å². The molecule has 2 aliphatic rings. The fraction of sp³-hybridized carbons (Fsp3) is 0.857. The Morgan fingerprint density at radius 3 is 2.73 bits per heavy atom. The molecule has 0 aromatic heterocycles. The van der Waals surface area contributed by atoms with Crippen molar-refractivity contribution in [1.29, 1.82) is 0 Å². The SMILES string of the molecule is O=C1CCNN1C1CC(O)C1. The molecule has 62 valence electrons. The molecule has 0 radical (unpaired) electrons. The zero-order valence-electron chi connectivity index (χ0n) is 6.29. The van der Waals surface area contributed by atoms with E-state index in [1.807, 2.05) is 0 Å². The lowest BCUT2D eigenvalue weighted by atomic mass is 9.89. The Bertz CT molecular complexity index is 177. The minimum absolute atomic E-state index is 0.168. The lowest BCUT2D eigenvalue weighted by molar-refractivity contribution is -0.136. The Labute approximate surface area is 65.2 Å². The van der Waals surface area contributed by atoms with Crippen molar-refractivity contribution in [2.24, 2.45) is 0 Å². The van der Waals surface area contributed by atoms with E-state index in [2.05, 4.69) is 5.43 Å². The normalized spacial score (nSPS) is 37.5. The first kappa shape index (κ1) is 7.06. The number of hydrazine groups is 1. The molecule has 1 heterocycles. The summed E-state index contributed by atoms with van der Waals surface area (Å²) in [6.45, 7) is 0.755. The molecule has 4 heteroatoms. The molecule has 4 nitrogen and oxygen atoms in total. The van der Waals surface area contributed by atoms with Gasteiger partial charge in [0.2, 0.25) is 5.91 Å². The van der Waals surface area contributed by atoms with Gasteiger partial charge in [0.15, 0.2) is 0 Å². The smallest absolute Gasteiger partial charge is 0.238 e. The fourth-order valence-corrected chi connectivity index (χ4v) is 1.59. The third-order valence-corrected chi connectivity index (χ3v) is 2.34. The Morgan fingerprint density at radius 1 is 1.55 bits per heavy atom. The Balaban J connectivity index is 1.90. The summed E-state index contributed by atoms with van der Waals surface area (Å²) in [5.41, 5.74) is 3.00. The largest absolute Gasteiger partial charge is 0.393 e. The average Bonchev–Trinajstić information content (AvgIpc) is 2.29. The summed E-state index contributed by atoms with van der Waals surface area (Å²) in [5.74, 6) is 0.168. The Hall–Kier alpha value is -0.610. The quantitative estimate of drug-likeness (QED) is 0.525. The number of hydrogen-bond donors (Lipinski definition) is 2. The van der Waals surface area contributed by atoms with Gasteiger partial charge in [-0.1, -0.05) is 0 Å².